The summed E-state index contributed by atoms with van der Waals surface area (Å²) in [7, 11) is 0. The molecule has 3 aliphatic rings. The number of nitrogens with zero attached hydrogens (tertiary/aromatic N) is 5. The highest BCUT2D eigenvalue weighted by molar-refractivity contribution is 5.72. The van der Waals surface area contributed by atoms with Crippen LogP contribution in [0.4, 0.5) is 37.0 Å². The fourth-order valence-electron chi connectivity index (χ4n) is 6.53. The summed E-state index contributed by atoms with van der Waals surface area (Å²) in [5.74, 6) is 1.15. The van der Waals surface area contributed by atoms with Gasteiger partial charge in [-0.05, 0) is 70.2 Å². The minimum Gasteiger partial charge on any atom is -0.439 e. The maximum Gasteiger partial charge on any atom is 0.416 e. The molecule has 1 saturated heterocycles. The van der Waals surface area contributed by atoms with Gasteiger partial charge in [0.15, 0.2) is 5.82 Å². The number of rotatable bonds is 7. The van der Waals surface area contributed by atoms with E-state index >= 15 is 0 Å². The lowest BCUT2D eigenvalue weighted by Gasteiger charge is -2.37. The number of benzene rings is 1. The van der Waals surface area contributed by atoms with E-state index in [0.717, 1.165) is 44.9 Å². The molecule has 2 unspecified atom stereocenters. The first-order valence-corrected chi connectivity index (χ1v) is 15.1. The van der Waals surface area contributed by atoms with E-state index in [1.807, 2.05) is 0 Å². The van der Waals surface area contributed by atoms with Crippen molar-refractivity contribution < 1.29 is 40.4 Å². The number of carbonyl (C=O) groups is 1. The molecule has 2 saturated carbocycles. The van der Waals surface area contributed by atoms with Crippen LogP contribution in [0.25, 0.3) is 11.3 Å². The van der Waals surface area contributed by atoms with Crippen LogP contribution in [0.15, 0.2) is 28.9 Å². The Hall–Kier alpha value is -3.84. The highest BCUT2D eigenvalue weighted by Crippen LogP contribution is 2.43. The zero-order chi connectivity index (χ0) is 32.3. The Bertz CT molecular complexity index is 1530. The molecule has 2 atom stereocenters. The molecule has 242 valence electrons. The lowest BCUT2D eigenvalue weighted by Crippen LogP contribution is -2.41. The van der Waals surface area contributed by atoms with Crippen LogP contribution in [0.3, 0.4) is 0 Å². The van der Waals surface area contributed by atoms with Crippen LogP contribution in [0.1, 0.15) is 91.8 Å². The molecule has 0 bridgehead atoms. The van der Waals surface area contributed by atoms with Gasteiger partial charge in [0.2, 0.25) is 0 Å². The molecule has 6 rings (SSSR count). The van der Waals surface area contributed by atoms with Crippen LogP contribution in [-0.4, -0.2) is 44.2 Å². The summed E-state index contributed by atoms with van der Waals surface area (Å²) in [5, 5.41) is 4.01. The second-order valence-electron chi connectivity index (χ2n) is 12.2. The van der Waals surface area contributed by atoms with E-state index in [4.69, 9.17) is 19.2 Å². The van der Waals surface area contributed by atoms with Gasteiger partial charge in [-0.1, -0.05) is 24.4 Å². The topological polar surface area (TPSA) is 84.6 Å². The van der Waals surface area contributed by atoms with E-state index in [9.17, 15) is 31.1 Å². The van der Waals surface area contributed by atoms with Gasteiger partial charge in [0.1, 0.15) is 17.6 Å². The summed E-state index contributed by atoms with van der Waals surface area (Å²) >= 11 is 0. The number of ether oxygens (including phenoxy) is 1. The Balaban J connectivity index is 1.38. The summed E-state index contributed by atoms with van der Waals surface area (Å²) in [4.78, 5) is 26.6. The van der Waals surface area contributed by atoms with Crippen molar-refractivity contribution in [2.45, 2.75) is 109 Å². The molecule has 14 heteroatoms. The summed E-state index contributed by atoms with van der Waals surface area (Å²) in [6.07, 6.45) is -3.37. The maximum atomic E-state index is 13.6. The molecule has 3 aromatic rings. The van der Waals surface area contributed by atoms with Gasteiger partial charge in [-0.2, -0.15) is 26.3 Å². The minimum absolute atomic E-state index is 0.0580. The van der Waals surface area contributed by atoms with Crippen LogP contribution in [0.2, 0.25) is 0 Å². The first-order chi connectivity index (χ1) is 21.2. The van der Waals surface area contributed by atoms with Crippen molar-refractivity contribution in [1.29, 1.82) is 0 Å². The lowest BCUT2D eigenvalue weighted by molar-refractivity contribution is -0.143. The van der Waals surface area contributed by atoms with Gasteiger partial charge in [0.05, 0.1) is 46.9 Å². The molecule has 0 N–H and O–H groups in total. The quantitative estimate of drug-likeness (QED) is 0.242. The molecule has 1 aliphatic heterocycles. The third-order valence-electron chi connectivity index (χ3n) is 8.92. The molecular weight excluding hydrogens is 604 g/mol. The number of amides is 1. The summed E-state index contributed by atoms with van der Waals surface area (Å²) < 4.78 is 92.4. The number of carbonyl (C=O) groups excluding carboxylic acids is 1. The summed E-state index contributed by atoms with van der Waals surface area (Å²) in [5.41, 5.74) is -1.14. The Labute approximate surface area is 255 Å². The zero-order valence-electron chi connectivity index (χ0n) is 25.0. The Morgan fingerprint density at radius 2 is 1.56 bits per heavy atom. The van der Waals surface area contributed by atoms with Crippen LogP contribution in [0.5, 0.6) is 0 Å². The third kappa shape index (κ3) is 6.19. The number of hydrogen-bond donors (Lipinski definition) is 0. The van der Waals surface area contributed by atoms with E-state index in [1.165, 1.54) is 11.8 Å². The largest absolute Gasteiger partial charge is 0.439 e. The Morgan fingerprint density at radius 3 is 2.11 bits per heavy atom. The number of cyclic esters (lactones) is 1. The Morgan fingerprint density at radius 1 is 0.933 bits per heavy atom. The molecule has 1 aromatic carbocycles. The van der Waals surface area contributed by atoms with Crippen molar-refractivity contribution in [1.82, 2.24) is 20.0 Å². The van der Waals surface area contributed by atoms with E-state index in [-0.39, 0.29) is 24.7 Å². The summed E-state index contributed by atoms with van der Waals surface area (Å²) in [6, 6.07) is 0.868. The van der Waals surface area contributed by atoms with Gasteiger partial charge < -0.3 is 14.2 Å². The smallest absolute Gasteiger partial charge is 0.416 e. The fraction of sp³-hybridized carbons (Fsp3) is 0.548. The van der Waals surface area contributed by atoms with Gasteiger partial charge in [-0.3, -0.25) is 4.90 Å². The zero-order valence-corrected chi connectivity index (χ0v) is 25.0. The number of halogens is 6. The predicted octanol–water partition coefficient (Wildman–Crippen LogP) is 8.17. The molecule has 3 heterocycles. The van der Waals surface area contributed by atoms with Crippen molar-refractivity contribution >= 4 is 11.9 Å². The SMILES string of the molecule is Cc1noc(C)c1-c1cnc(N(C2CCCCC2)C2CC2)c(CN2C(=O)OC(c3cc(C(F)(F)F)cc(C(F)(F)F)c3)C2C)n1. The van der Waals surface area contributed by atoms with Crippen LogP contribution < -0.4 is 4.90 Å². The molecule has 0 spiro atoms. The van der Waals surface area contributed by atoms with Crippen LogP contribution in [0, 0.1) is 13.8 Å². The summed E-state index contributed by atoms with van der Waals surface area (Å²) in [6.45, 7) is 4.94. The van der Waals surface area contributed by atoms with Gasteiger partial charge >= 0.3 is 18.4 Å². The van der Waals surface area contributed by atoms with Crippen molar-refractivity contribution in [2.75, 3.05) is 4.90 Å². The van der Waals surface area contributed by atoms with Gasteiger partial charge in [0.25, 0.3) is 0 Å². The van der Waals surface area contributed by atoms with E-state index < -0.39 is 47.3 Å². The maximum absolute atomic E-state index is 13.6. The molecule has 1 amide bonds. The van der Waals surface area contributed by atoms with Crippen LogP contribution >= 0.6 is 0 Å². The minimum atomic E-state index is -5.03. The second kappa shape index (κ2) is 11.5. The Kier molecular flexibility index (Phi) is 7.97. The molecule has 45 heavy (non-hydrogen) atoms. The fourth-order valence-corrected chi connectivity index (χ4v) is 6.53. The predicted molar refractivity (Wildman–Crippen MR) is 150 cm³/mol. The lowest BCUT2D eigenvalue weighted by atomic mass is 9.94. The number of anilines is 1. The van der Waals surface area contributed by atoms with E-state index in [1.54, 1.807) is 20.0 Å². The third-order valence-corrected chi connectivity index (χ3v) is 8.92. The number of hydrogen-bond acceptors (Lipinski definition) is 7. The number of aromatic nitrogens is 3. The monoisotopic (exact) mass is 637 g/mol. The van der Waals surface area contributed by atoms with Crippen molar-refractivity contribution in [3.8, 4) is 11.3 Å². The first-order valence-electron chi connectivity index (χ1n) is 15.1. The highest BCUT2D eigenvalue weighted by atomic mass is 19.4. The van der Waals surface area contributed by atoms with Gasteiger partial charge in [-0.25, -0.2) is 14.8 Å². The van der Waals surface area contributed by atoms with E-state index in [2.05, 4.69) is 10.1 Å². The van der Waals surface area contributed by atoms with Gasteiger partial charge in [-0.15, -0.1) is 0 Å². The molecule has 0 radical (unpaired) electrons. The average molecular weight is 638 g/mol. The van der Waals surface area contributed by atoms with Crippen molar-refractivity contribution in [3.05, 3.63) is 58.2 Å². The first kappa shape index (κ1) is 31.2. The second-order valence-corrected chi connectivity index (χ2v) is 12.2. The number of alkyl halides is 6. The van der Waals surface area contributed by atoms with Gasteiger partial charge in [0, 0.05) is 12.1 Å². The van der Waals surface area contributed by atoms with E-state index in [0.29, 0.717) is 46.4 Å². The standard InChI is InChI=1S/C31H33F6N5O3/c1-16-26(18(3)45-40-16)24-14-38-28(42(23-9-10-23)22-7-5-4-6-8-22)25(39-24)15-41-17(2)27(44-29(41)43)19-11-20(30(32,33)34)13-21(12-19)31(35,36)37/h11-14,17,22-23,27H,4-10,15H2,1-3H3. The van der Waals surface area contributed by atoms with Crippen LogP contribution in [-0.2, 0) is 23.6 Å². The molecule has 2 aliphatic carbocycles. The highest BCUT2D eigenvalue weighted by Gasteiger charge is 2.44. The normalized spacial score (nSPS) is 21.4. The molecule has 8 nitrogen and oxygen atoms in total. The van der Waals surface area contributed by atoms with Crippen molar-refractivity contribution in [3.63, 3.8) is 0 Å². The average Bonchev–Trinajstić information content (AvgIpc) is 3.71. The number of aryl methyl sites for hydroxylation is 2. The van der Waals surface area contributed by atoms with Crippen molar-refractivity contribution in [2.24, 2.45) is 0 Å². The molecular formula is C31H33F6N5O3. The molecule has 3 fully saturated rings. The molecule has 2 aromatic heterocycles.